The lowest BCUT2D eigenvalue weighted by atomic mass is 10.1. The van der Waals surface area contributed by atoms with Crippen LogP contribution in [-0.4, -0.2) is 45.4 Å². The van der Waals surface area contributed by atoms with E-state index in [2.05, 4.69) is 20.4 Å². The van der Waals surface area contributed by atoms with Gasteiger partial charge in [-0.1, -0.05) is 26.0 Å². The molecular formula is C18H21F3N6O2S. The smallest absolute Gasteiger partial charge is 0.363 e. The van der Waals surface area contributed by atoms with Crippen molar-refractivity contribution in [2.24, 2.45) is 0 Å². The van der Waals surface area contributed by atoms with Crippen molar-refractivity contribution in [3.8, 4) is 0 Å². The van der Waals surface area contributed by atoms with Crippen LogP contribution in [0.2, 0.25) is 0 Å². The fourth-order valence-corrected chi connectivity index (χ4v) is 4.46. The standard InChI is InChI=1S/C18H21F3N6O2S/c1-4-26(5-2)30(28,29)14-8-6-13(7-9-14)12(3)24-16-10-15(18(19,20)21)25-17-22-11-23-27(16)17/h6-12,24H,4-5H2,1-3H3. The van der Waals surface area contributed by atoms with Gasteiger partial charge in [-0.05, 0) is 24.6 Å². The molecule has 8 nitrogen and oxygen atoms in total. The molecule has 1 aromatic carbocycles. The molecule has 1 N–H and O–H groups in total. The first kappa shape index (κ1) is 22.0. The van der Waals surface area contributed by atoms with Crippen molar-refractivity contribution in [1.29, 1.82) is 0 Å². The van der Waals surface area contributed by atoms with Gasteiger partial charge in [0.1, 0.15) is 12.1 Å². The van der Waals surface area contributed by atoms with Crippen molar-refractivity contribution < 1.29 is 21.6 Å². The zero-order chi connectivity index (χ0) is 22.1. The van der Waals surface area contributed by atoms with Crippen LogP contribution in [0, 0.1) is 0 Å². The van der Waals surface area contributed by atoms with Gasteiger partial charge in [-0.15, -0.1) is 0 Å². The van der Waals surface area contributed by atoms with Gasteiger partial charge in [-0.2, -0.15) is 32.1 Å². The van der Waals surface area contributed by atoms with E-state index in [0.717, 1.165) is 12.4 Å². The highest BCUT2D eigenvalue weighted by molar-refractivity contribution is 7.89. The summed E-state index contributed by atoms with van der Waals surface area (Å²) in [6.45, 7) is 5.98. The summed E-state index contributed by atoms with van der Waals surface area (Å²) in [5.41, 5.74) is -0.398. The third kappa shape index (κ3) is 4.24. The van der Waals surface area contributed by atoms with Gasteiger partial charge in [0.15, 0.2) is 5.69 Å². The Hall–Kier alpha value is -2.73. The number of hydrogen-bond acceptors (Lipinski definition) is 6. The molecule has 0 aliphatic heterocycles. The van der Waals surface area contributed by atoms with Gasteiger partial charge < -0.3 is 5.32 Å². The minimum Gasteiger partial charge on any atom is -0.363 e. The molecule has 0 saturated heterocycles. The zero-order valence-corrected chi connectivity index (χ0v) is 17.4. The number of alkyl halides is 3. The number of benzene rings is 1. The molecule has 30 heavy (non-hydrogen) atoms. The largest absolute Gasteiger partial charge is 0.433 e. The van der Waals surface area contributed by atoms with Gasteiger partial charge in [0, 0.05) is 25.2 Å². The number of anilines is 1. The lowest BCUT2D eigenvalue weighted by Crippen LogP contribution is -2.30. The van der Waals surface area contributed by atoms with Gasteiger partial charge >= 0.3 is 6.18 Å². The van der Waals surface area contributed by atoms with E-state index >= 15 is 0 Å². The topological polar surface area (TPSA) is 92.5 Å². The maximum Gasteiger partial charge on any atom is 0.433 e. The third-order valence-corrected chi connectivity index (χ3v) is 6.69. The van der Waals surface area contributed by atoms with Gasteiger partial charge in [0.05, 0.1) is 4.90 Å². The van der Waals surface area contributed by atoms with E-state index in [0.29, 0.717) is 18.7 Å². The molecule has 0 aliphatic carbocycles. The maximum atomic E-state index is 13.1. The SMILES string of the molecule is CCN(CC)S(=O)(=O)c1ccc(C(C)Nc2cc(C(F)(F)F)nc3ncnn23)cc1. The Balaban J connectivity index is 1.88. The number of hydrogen-bond donors (Lipinski definition) is 1. The van der Waals surface area contributed by atoms with E-state index in [4.69, 9.17) is 0 Å². The van der Waals surface area contributed by atoms with E-state index in [1.54, 1.807) is 32.9 Å². The van der Waals surface area contributed by atoms with Crippen molar-refractivity contribution in [2.75, 3.05) is 18.4 Å². The molecule has 0 fully saturated rings. The second kappa shape index (κ2) is 8.19. The van der Waals surface area contributed by atoms with Gasteiger partial charge in [-0.25, -0.2) is 13.4 Å². The number of nitrogens with one attached hydrogen (secondary N) is 1. The Bertz CT molecular complexity index is 1130. The molecule has 2 aromatic heterocycles. The minimum absolute atomic E-state index is 0.0668. The summed E-state index contributed by atoms with van der Waals surface area (Å²) in [4.78, 5) is 7.36. The predicted octanol–water partition coefficient (Wildman–Crippen LogP) is 3.35. The van der Waals surface area contributed by atoms with Crippen molar-refractivity contribution >= 4 is 21.6 Å². The summed E-state index contributed by atoms with van der Waals surface area (Å²) >= 11 is 0. The van der Waals surface area contributed by atoms with Crippen molar-refractivity contribution in [3.63, 3.8) is 0 Å². The second-order valence-electron chi connectivity index (χ2n) is 6.52. The molecule has 2 heterocycles. The van der Waals surface area contributed by atoms with Crippen LogP contribution < -0.4 is 5.32 Å². The Morgan fingerprint density at radius 1 is 1.17 bits per heavy atom. The summed E-state index contributed by atoms with van der Waals surface area (Å²) in [5, 5.41) is 6.87. The van der Waals surface area contributed by atoms with Gasteiger partial charge in [0.25, 0.3) is 5.78 Å². The number of halogens is 3. The molecule has 3 aromatic rings. The van der Waals surface area contributed by atoms with Crippen LogP contribution in [0.3, 0.4) is 0 Å². The fraction of sp³-hybridized carbons (Fsp3) is 0.389. The average molecular weight is 442 g/mol. The van der Waals surface area contributed by atoms with Crippen molar-refractivity contribution in [1.82, 2.24) is 23.9 Å². The Kier molecular flexibility index (Phi) is 5.99. The summed E-state index contributed by atoms with van der Waals surface area (Å²) < 4.78 is 67.1. The summed E-state index contributed by atoms with van der Waals surface area (Å²) in [5.74, 6) is -0.114. The van der Waals surface area contributed by atoms with E-state index in [1.807, 2.05) is 0 Å². The molecule has 162 valence electrons. The molecule has 0 radical (unpaired) electrons. The van der Waals surface area contributed by atoms with Crippen LogP contribution >= 0.6 is 0 Å². The minimum atomic E-state index is -4.63. The number of fused-ring (bicyclic) bond motifs is 1. The molecule has 0 aliphatic rings. The first-order chi connectivity index (χ1) is 14.1. The van der Waals surface area contributed by atoms with Crippen LogP contribution in [-0.2, 0) is 16.2 Å². The van der Waals surface area contributed by atoms with Crippen LogP contribution in [0.4, 0.5) is 19.0 Å². The first-order valence-electron chi connectivity index (χ1n) is 9.22. The van der Waals surface area contributed by atoms with Crippen LogP contribution in [0.5, 0.6) is 0 Å². The highest BCUT2D eigenvalue weighted by atomic mass is 32.2. The quantitative estimate of drug-likeness (QED) is 0.603. The molecular weight excluding hydrogens is 421 g/mol. The van der Waals surface area contributed by atoms with E-state index in [-0.39, 0.29) is 16.5 Å². The summed E-state index contributed by atoms with van der Waals surface area (Å²) in [6.07, 6.45) is -3.51. The Labute approximate surface area is 171 Å². The highest BCUT2D eigenvalue weighted by Crippen LogP contribution is 2.30. The molecule has 0 spiro atoms. The number of rotatable bonds is 7. The monoisotopic (exact) mass is 442 g/mol. The molecule has 1 unspecified atom stereocenters. The molecule has 12 heteroatoms. The lowest BCUT2D eigenvalue weighted by molar-refractivity contribution is -0.141. The Morgan fingerprint density at radius 3 is 2.37 bits per heavy atom. The zero-order valence-electron chi connectivity index (χ0n) is 16.6. The molecule has 0 saturated carbocycles. The number of nitrogens with zero attached hydrogens (tertiary/aromatic N) is 5. The van der Waals surface area contributed by atoms with Crippen molar-refractivity contribution in [2.45, 2.75) is 37.9 Å². The van der Waals surface area contributed by atoms with Gasteiger partial charge in [-0.3, -0.25) is 0 Å². The molecule has 0 amide bonds. The predicted molar refractivity (Wildman–Crippen MR) is 104 cm³/mol. The van der Waals surface area contributed by atoms with Crippen LogP contribution in [0.15, 0.2) is 41.6 Å². The normalized spacial score (nSPS) is 13.7. The fourth-order valence-electron chi connectivity index (χ4n) is 3.01. The van der Waals surface area contributed by atoms with E-state index < -0.39 is 27.9 Å². The second-order valence-corrected chi connectivity index (χ2v) is 8.46. The van der Waals surface area contributed by atoms with E-state index in [1.165, 1.54) is 21.0 Å². The molecule has 1 atom stereocenters. The maximum absolute atomic E-state index is 13.1. The Morgan fingerprint density at radius 2 is 1.80 bits per heavy atom. The molecule has 3 rings (SSSR count). The number of sulfonamides is 1. The summed E-state index contributed by atoms with van der Waals surface area (Å²) in [7, 11) is -3.59. The van der Waals surface area contributed by atoms with E-state index in [9.17, 15) is 21.6 Å². The van der Waals surface area contributed by atoms with Crippen LogP contribution in [0.25, 0.3) is 5.78 Å². The lowest BCUT2D eigenvalue weighted by Gasteiger charge is -2.20. The third-order valence-electron chi connectivity index (χ3n) is 4.63. The average Bonchev–Trinajstić information content (AvgIpc) is 3.17. The first-order valence-corrected chi connectivity index (χ1v) is 10.7. The number of aromatic nitrogens is 4. The van der Waals surface area contributed by atoms with Crippen molar-refractivity contribution in [3.05, 3.63) is 47.9 Å². The van der Waals surface area contributed by atoms with Crippen LogP contribution in [0.1, 0.15) is 38.1 Å². The van der Waals surface area contributed by atoms with Gasteiger partial charge in [0.2, 0.25) is 10.0 Å². The highest BCUT2D eigenvalue weighted by Gasteiger charge is 2.34. The molecule has 0 bridgehead atoms. The summed E-state index contributed by atoms with van der Waals surface area (Å²) in [6, 6.07) is 6.64.